The monoisotopic (exact) mass is 149 g/mol. The largest absolute Gasteiger partial charge is 0.396 e. The molecule has 3 nitrogen and oxygen atoms in total. The maximum atomic E-state index is 5.48. The molecule has 1 unspecified atom stereocenters. The molecule has 0 spiro atoms. The lowest BCUT2D eigenvalue weighted by atomic mass is 10.2. The minimum atomic E-state index is 0.234. The zero-order valence-corrected chi connectivity index (χ0v) is 6.49. The van der Waals surface area contributed by atoms with Gasteiger partial charge in [-0.05, 0) is 6.92 Å². The Kier molecular flexibility index (Phi) is 2.17. The van der Waals surface area contributed by atoms with E-state index in [9.17, 15) is 0 Å². The zero-order valence-electron chi connectivity index (χ0n) is 6.49. The van der Waals surface area contributed by atoms with Gasteiger partial charge >= 0.3 is 0 Å². The van der Waals surface area contributed by atoms with Gasteiger partial charge in [0.2, 0.25) is 0 Å². The molecule has 0 aliphatic carbocycles. The Morgan fingerprint density at radius 2 is 2.64 bits per heavy atom. The highest BCUT2D eigenvalue weighted by Gasteiger charge is 2.02. The standard InChI is InChI=1S/C8H11N3/c1-3-4-7(2)11-6-8(9)5-10-11/h1,5-7H,4,9H2,2H3. The first kappa shape index (κ1) is 7.67. The second kappa shape index (κ2) is 3.11. The number of nitrogens with two attached hydrogens (primary N) is 1. The van der Waals surface area contributed by atoms with E-state index < -0.39 is 0 Å². The van der Waals surface area contributed by atoms with Crippen LogP contribution in [0, 0.1) is 12.3 Å². The Morgan fingerprint density at radius 1 is 1.91 bits per heavy atom. The number of hydrogen-bond donors (Lipinski definition) is 1. The Labute approximate surface area is 66.2 Å². The smallest absolute Gasteiger partial charge is 0.0719 e. The molecule has 11 heavy (non-hydrogen) atoms. The topological polar surface area (TPSA) is 43.8 Å². The van der Waals surface area contributed by atoms with Crippen molar-refractivity contribution < 1.29 is 0 Å². The molecule has 0 aromatic carbocycles. The zero-order chi connectivity index (χ0) is 8.27. The predicted octanol–water partition coefficient (Wildman–Crippen LogP) is 1.05. The van der Waals surface area contributed by atoms with Crippen molar-refractivity contribution >= 4 is 5.69 Å². The SMILES string of the molecule is C#CCC(C)n1cc(N)cn1. The highest BCUT2D eigenvalue weighted by atomic mass is 15.3. The third-order valence-corrected chi connectivity index (χ3v) is 1.49. The van der Waals surface area contributed by atoms with E-state index in [0.29, 0.717) is 12.1 Å². The normalized spacial score (nSPS) is 12.4. The van der Waals surface area contributed by atoms with Crippen molar-refractivity contribution in [2.75, 3.05) is 5.73 Å². The number of nitrogen functional groups attached to an aromatic ring is 1. The lowest BCUT2D eigenvalue weighted by molar-refractivity contribution is 0.502. The maximum absolute atomic E-state index is 5.48. The first-order valence-corrected chi connectivity index (χ1v) is 3.47. The first-order chi connectivity index (χ1) is 5.24. The summed E-state index contributed by atoms with van der Waals surface area (Å²) in [5.74, 6) is 2.57. The number of terminal acetylenes is 1. The van der Waals surface area contributed by atoms with Crippen LogP contribution in [0.4, 0.5) is 5.69 Å². The molecule has 0 amide bonds. The van der Waals surface area contributed by atoms with Gasteiger partial charge in [0.1, 0.15) is 0 Å². The van der Waals surface area contributed by atoms with Crippen LogP contribution in [0.3, 0.4) is 0 Å². The number of nitrogens with zero attached hydrogens (tertiary/aromatic N) is 2. The van der Waals surface area contributed by atoms with Crippen molar-refractivity contribution in [1.82, 2.24) is 9.78 Å². The molecule has 0 radical (unpaired) electrons. The van der Waals surface area contributed by atoms with E-state index in [0.717, 1.165) is 0 Å². The molecule has 58 valence electrons. The molecule has 1 atom stereocenters. The summed E-state index contributed by atoms with van der Waals surface area (Å²) in [5, 5.41) is 4.03. The summed E-state index contributed by atoms with van der Waals surface area (Å²) in [4.78, 5) is 0. The number of anilines is 1. The van der Waals surface area contributed by atoms with Crippen molar-refractivity contribution in [2.24, 2.45) is 0 Å². The average molecular weight is 149 g/mol. The molecule has 0 saturated heterocycles. The van der Waals surface area contributed by atoms with E-state index in [-0.39, 0.29) is 6.04 Å². The van der Waals surface area contributed by atoms with Crippen molar-refractivity contribution in [3.05, 3.63) is 12.4 Å². The van der Waals surface area contributed by atoms with Gasteiger partial charge in [-0.2, -0.15) is 5.10 Å². The van der Waals surface area contributed by atoms with Crippen LogP contribution in [0.5, 0.6) is 0 Å². The molecule has 1 aromatic heterocycles. The van der Waals surface area contributed by atoms with Crippen molar-refractivity contribution in [3.63, 3.8) is 0 Å². The van der Waals surface area contributed by atoms with Crippen LogP contribution in [-0.2, 0) is 0 Å². The molecule has 2 N–H and O–H groups in total. The summed E-state index contributed by atoms with van der Waals surface area (Å²) in [7, 11) is 0. The summed E-state index contributed by atoms with van der Waals surface area (Å²) in [5.41, 5.74) is 6.15. The molecule has 3 heteroatoms. The molecule has 0 aliphatic rings. The van der Waals surface area contributed by atoms with Gasteiger partial charge < -0.3 is 5.73 Å². The van der Waals surface area contributed by atoms with Crippen LogP contribution in [-0.4, -0.2) is 9.78 Å². The van der Waals surface area contributed by atoms with Crippen molar-refractivity contribution in [1.29, 1.82) is 0 Å². The van der Waals surface area contributed by atoms with Gasteiger partial charge in [-0.15, -0.1) is 12.3 Å². The highest BCUT2D eigenvalue weighted by Crippen LogP contribution is 2.09. The Hall–Kier alpha value is -1.43. The Bertz CT molecular complexity index is 269. The van der Waals surface area contributed by atoms with Gasteiger partial charge in [0.25, 0.3) is 0 Å². The van der Waals surface area contributed by atoms with Crippen LogP contribution in [0.1, 0.15) is 19.4 Å². The fourth-order valence-electron chi connectivity index (χ4n) is 0.858. The van der Waals surface area contributed by atoms with Gasteiger partial charge in [-0.25, -0.2) is 0 Å². The highest BCUT2D eigenvalue weighted by molar-refractivity contribution is 5.30. The van der Waals surface area contributed by atoms with Crippen LogP contribution >= 0.6 is 0 Å². The van der Waals surface area contributed by atoms with Gasteiger partial charge in [0, 0.05) is 12.6 Å². The van der Waals surface area contributed by atoms with Crippen LogP contribution in [0.2, 0.25) is 0 Å². The van der Waals surface area contributed by atoms with Gasteiger partial charge in [-0.3, -0.25) is 4.68 Å². The van der Waals surface area contributed by atoms with E-state index in [1.807, 2.05) is 6.92 Å². The fraction of sp³-hybridized carbons (Fsp3) is 0.375. The molecule has 0 fully saturated rings. The minimum absolute atomic E-state index is 0.234. The Balaban J connectivity index is 2.70. The lowest BCUT2D eigenvalue weighted by Crippen LogP contribution is -2.04. The van der Waals surface area contributed by atoms with Gasteiger partial charge in [0.15, 0.2) is 0 Å². The molecule has 1 aromatic rings. The summed E-state index contributed by atoms with van der Waals surface area (Å²) in [6, 6.07) is 0.234. The number of rotatable bonds is 2. The lowest BCUT2D eigenvalue weighted by Gasteiger charge is -2.06. The van der Waals surface area contributed by atoms with Gasteiger partial charge in [-0.1, -0.05) is 0 Å². The molecule has 0 bridgehead atoms. The second-order valence-corrected chi connectivity index (χ2v) is 2.51. The van der Waals surface area contributed by atoms with Crippen LogP contribution < -0.4 is 5.73 Å². The molecule has 0 saturated carbocycles. The first-order valence-electron chi connectivity index (χ1n) is 3.47. The minimum Gasteiger partial charge on any atom is -0.396 e. The summed E-state index contributed by atoms with van der Waals surface area (Å²) < 4.78 is 1.77. The van der Waals surface area contributed by atoms with Crippen molar-refractivity contribution in [2.45, 2.75) is 19.4 Å². The average Bonchev–Trinajstić information content (AvgIpc) is 2.36. The molecule has 0 aliphatic heterocycles. The second-order valence-electron chi connectivity index (χ2n) is 2.51. The maximum Gasteiger partial charge on any atom is 0.0719 e. The summed E-state index contributed by atoms with van der Waals surface area (Å²) in [6.07, 6.45) is 9.23. The van der Waals surface area contributed by atoms with E-state index >= 15 is 0 Å². The predicted molar refractivity (Wildman–Crippen MR) is 44.8 cm³/mol. The van der Waals surface area contributed by atoms with E-state index in [4.69, 9.17) is 12.2 Å². The van der Waals surface area contributed by atoms with Crippen LogP contribution in [0.25, 0.3) is 0 Å². The van der Waals surface area contributed by atoms with Crippen molar-refractivity contribution in [3.8, 4) is 12.3 Å². The molecule has 1 rings (SSSR count). The summed E-state index contributed by atoms with van der Waals surface area (Å²) in [6.45, 7) is 2.01. The van der Waals surface area contributed by atoms with E-state index in [1.165, 1.54) is 0 Å². The Morgan fingerprint density at radius 3 is 3.09 bits per heavy atom. The fourth-order valence-corrected chi connectivity index (χ4v) is 0.858. The number of aromatic nitrogens is 2. The molecular weight excluding hydrogens is 138 g/mol. The van der Waals surface area contributed by atoms with E-state index in [1.54, 1.807) is 17.1 Å². The van der Waals surface area contributed by atoms with Gasteiger partial charge in [0.05, 0.1) is 17.9 Å². The van der Waals surface area contributed by atoms with Crippen LogP contribution in [0.15, 0.2) is 12.4 Å². The third kappa shape index (κ3) is 1.74. The quantitative estimate of drug-likeness (QED) is 0.639. The molecule has 1 heterocycles. The third-order valence-electron chi connectivity index (χ3n) is 1.49. The molecular formula is C8H11N3. The van der Waals surface area contributed by atoms with E-state index in [2.05, 4.69) is 11.0 Å². The summed E-state index contributed by atoms with van der Waals surface area (Å²) >= 11 is 0. The number of hydrogen-bond acceptors (Lipinski definition) is 2.